The Balaban J connectivity index is 1.98. The van der Waals surface area contributed by atoms with Crippen LogP contribution < -0.4 is 5.56 Å². The first-order valence-electron chi connectivity index (χ1n) is 8.99. The molecule has 0 spiro atoms. The van der Waals surface area contributed by atoms with Crippen molar-refractivity contribution >= 4 is 16.8 Å². The monoisotopic (exact) mass is 364 g/mol. The number of aromatic amines is 1. The highest BCUT2D eigenvalue weighted by atomic mass is 16.3. The number of rotatable bonds is 5. The van der Waals surface area contributed by atoms with E-state index in [1.54, 1.807) is 6.07 Å². The first-order chi connectivity index (χ1) is 12.9. The Hall–Kier alpha value is -2.92. The molecule has 140 valence electrons. The number of nitrogens with zero attached hydrogens (tertiary/aromatic N) is 1. The number of benzene rings is 2. The molecule has 1 heterocycles. The second kappa shape index (κ2) is 7.76. The van der Waals surface area contributed by atoms with Crippen LogP contribution in [0.5, 0.6) is 0 Å². The van der Waals surface area contributed by atoms with Gasteiger partial charge in [-0.05, 0) is 56.0 Å². The van der Waals surface area contributed by atoms with E-state index in [4.69, 9.17) is 0 Å². The number of H-pyrrole nitrogens is 1. The lowest BCUT2D eigenvalue weighted by molar-refractivity contribution is 0.0707. The molecular formula is C22H24N2O3. The van der Waals surface area contributed by atoms with Gasteiger partial charge in [-0.1, -0.05) is 29.3 Å². The summed E-state index contributed by atoms with van der Waals surface area (Å²) in [6.07, 6.45) is 0. The number of pyridine rings is 1. The van der Waals surface area contributed by atoms with Crippen molar-refractivity contribution in [3.63, 3.8) is 0 Å². The summed E-state index contributed by atoms with van der Waals surface area (Å²) < 4.78 is 0. The molecule has 27 heavy (non-hydrogen) atoms. The molecule has 0 saturated carbocycles. The maximum absolute atomic E-state index is 12.9. The summed E-state index contributed by atoms with van der Waals surface area (Å²) in [6, 6.07) is 13.2. The van der Waals surface area contributed by atoms with Gasteiger partial charge in [0.25, 0.3) is 11.5 Å². The summed E-state index contributed by atoms with van der Waals surface area (Å²) in [4.78, 5) is 29.9. The Morgan fingerprint density at radius 3 is 2.56 bits per heavy atom. The number of amides is 1. The van der Waals surface area contributed by atoms with E-state index >= 15 is 0 Å². The van der Waals surface area contributed by atoms with Crippen LogP contribution in [0.2, 0.25) is 0 Å². The van der Waals surface area contributed by atoms with Crippen molar-refractivity contribution in [3.05, 3.63) is 80.6 Å². The molecular weight excluding hydrogens is 340 g/mol. The van der Waals surface area contributed by atoms with Gasteiger partial charge in [0.2, 0.25) is 0 Å². The number of hydrogen-bond acceptors (Lipinski definition) is 3. The van der Waals surface area contributed by atoms with Crippen molar-refractivity contribution in [2.45, 2.75) is 27.3 Å². The first kappa shape index (κ1) is 18.9. The van der Waals surface area contributed by atoms with E-state index in [0.717, 1.165) is 27.6 Å². The van der Waals surface area contributed by atoms with Gasteiger partial charge in [-0.15, -0.1) is 0 Å². The van der Waals surface area contributed by atoms with Gasteiger partial charge in [0.15, 0.2) is 0 Å². The number of carbonyl (C=O) groups excluding carboxylic acids is 1. The smallest absolute Gasteiger partial charge is 0.254 e. The minimum Gasteiger partial charge on any atom is -0.395 e. The van der Waals surface area contributed by atoms with Crippen molar-refractivity contribution in [1.82, 2.24) is 9.88 Å². The molecule has 1 amide bonds. The summed E-state index contributed by atoms with van der Waals surface area (Å²) in [5.74, 6) is -0.201. The van der Waals surface area contributed by atoms with E-state index in [2.05, 4.69) is 4.98 Å². The van der Waals surface area contributed by atoms with Gasteiger partial charge < -0.3 is 15.0 Å². The predicted octanol–water partition coefficient (Wildman–Crippen LogP) is 3.09. The summed E-state index contributed by atoms with van der Waals surface area (Å²) in [6.45, 7) is 6.04. The van der Waals surface area contributed by atoms with E-state index in [0.29, 0.717) is 11.1 Å². The summed E-state index contributed by atoms with van der Waals surface area (Å²) in [7, 11) is 0. The van der Waals surface area contributed by atoms with Crippen LogP contribution in [0.1, 0.15) is 32.6 Å². The van der Waals surface area contributed by atoms with Crippen LogP contribution in [0.25, 0.3) is 10.9 Å². The molecule has 1 aromatic heterocycles. The molecule has 3 rings (SSSR count). The van der Waals surface area contributed by atoms with E-state index < -0.39 is 0 Å². The van der Waals surface area contributed by atoms with Crippen LogP contribution in [0.4, 0.5) is 0 Å². The van der Waals surface area contributed by atoms with Gasteiger partial charge in [0, 0.05) is 17.7 Å². The molecule has 0 saturated heterocycles. The molecule has 0 radical (unpaired) electrons. The largest absolute Gasteiger partial charge is 0.395 e. The number of carbonyl (C=O) groups is 1. The molecule has 0 aliphatic heterocycles. The van der Waals surface area contributed by atoms with Crippen LogP contribution in [0.15, 0.2) is 47.3 Å². The fourth-order valence-electron chi connectivity index (χ4n) is 3.39. The third kappa shape index (κ3) is 4.09. The van der Waals surface area contributed by atoms with Gasteiger partial charge in [0.05, 0.1) is 18.7 Å². The number of hydrogen-bond donors (Lipinski definition) is 2. The van der Waals surface area contributed by atoms with E-state index in [1.807, 2.05) is 57.2 Å². The fourth-order valence-corrected chi connectivity index (χ4v) is 3.39. The average Bonchev–Trinajstić information content (AvgIpc) is 2.62. The van der Waals surface area contributed by atoms with Crippen molar-refractivity contribution in [2.24, 2.45) is 0 Å². The van der Waals surface area contributed by atoms with Gasteiger partial charge >= 0.3 is 0 Å². The summed E-state index contributed by atoms with van der Waals surface area (Å²) >= 11 is 0. The minimum absolute atomic E-state index is 0.144. The summed E-state index contributed by atoms with van der Waals surface area (Å²) in [5.41, 5.74) is 4.76. The van der Waals surface area contributed by atoms with Crippen LogP contribution in [0, 0.1) is 20.8 Å². The quantitative estimate of drug-likeness (QED) is 0.731. The minimum atomic E-state index is -0.213. The van der Waals surface area contributed by atoms with Crippen LogP contribution >= 0.6 is 0 Å². The maximum Gasteiger partial charge on any atom is 0.254 e. The molecule has 0 bridgehead atoms. The zero-order chi connectivity index (χ0) is 19.6. The van der Waals surface area contributed by atoms with Gasteiger partial charge in [-0.3, -0.25) is 9.59 Å². The van der Waals surface area contributed by atoms with Crippen LogP contribution in [-0.4, -0.2) is 34.0 Å². The third-order valence-electron chi connectivity index (χ3n) is 4.65. The van der Waals surface area contributed by atoms with Gasteiger partial charge in [-0.25, -0.2) is 0 Å². The SMILES string of the molecule is Cc1cccc(C(=O)N(CCO)Cc2cc3cc(C)cc(C)c3[nH]c2=O)c1. The molecule has 0 unspecified atom stereocenters. The Labute approximate surface area is 158 Å². The van der Waals surface area contributed by atoms with Crippen molar-refractivity contribution in [1.29, 1.82) is 0 Å². The maximum atomic E-state index is 12.9. The zero-order valence-electron chi connectivity index (χ0n) is 15.9. The number of nitrogens with one attached hydrogen (secondary N) is 1. The number of aliphatic hydroxyl groups excluding tert-OH is 1. The molecule has 3 aromatic rings. The second-order valence-corrected chi connectivity index (χ2v) is 6.99. The highest BCUT2D eigenvalue weighted by Crippen LogP contribution is 2.19. The fraction of sp³-hybridized carbons (Fsp3) is 0.273. The summed E-state index contributed by atoms with van der Waals surface area (Å²) in [5, 5.41) is 10.3. The zero-order valence-corrected chi connectivity index (χ0v) is 15.9. The number of aliphatic hydroxyl groups is 1. The molecule has 0 aliphatic carbocycles. The Morgan fingerprint density at radius 1 is 1.07 bits per heavy atom. The highest BCUT2D eigenvalue weighted by Gasteiger charge is 2.18. The number of aryl methyl sites for hydroxylation is 3. The third-order valence-corrected chi connectivity index (χ3v) is 4.65. The van der Waals surface area contributed by atoms with Crippen molar-refractivity contribution in [3.8, 4) is 0 Å². The molecule has 0 atom stereocenters. The second-order valence-electron chi connectivity index (χ2n) is 6.99. The molecule has 5 nitrogen and oxygen atoms in total. The van der Waals surface area contributed by atoms with E-state index in [9.17, 15) is 14.7 Å². The lowest BCUT2D eigenvalue weighted by Gasteiger charge is -2.22. The van der Waals surface area contributed by atoms with Crippen molar-refractivity contribution in [2.75, 3.05) is 13.2 Å². The topological polar surface area (TPSA) is 73.4 Å². The van der Waals surface area contributed by atoms with Gasteiger partial charge in [0.1, 0.15) is 0 Å². The predicted molar refractivity (Wildman–Crippen MR) is 107 cm³/mol. The Morgan fingerprint density at radius 2 is 1.85 bits per heavy atom. The van der Waals surface area contributed by atoms with Crippen LogP contribution in [0.3, 0.4) is 0 Å². The molecule has 0 aliphatic rings. The number of fused-ring (bicyclic) bond motifs is 1. The van der Waals surface area contributed by atoms with E-state index in [1.165, 1.54) is 4.90 Å². The first-order valence-corrected chi connectivity index (χ1v) is 8.99. The Kier molecular flexibility index (Phi) is 5.42. The number of aromatic nitrogens is 1. The highest BCUT2D eigenvalue weighted by molar-refractivity contribution is 5.94. The normalized spacial score (nSPS) is 11.0. The standard InChI is InChI=1S/C22H24N2O3/c1-14-5-4-6-17(10-14)22(27)24(7-8-25)13-19-12-18-11-15(2)9-16(3)20(18)23-21(19)26/h4-6,9-12,25H,7-8,13H2,1-3H3,(H,23,26). The average molecular weight is 364 g/mol. The molecule has 0 fully saturated rings. The molecule has 5 heteroatoms. The molecule has 2 N–H and O–H groups in total. The van der Waals surface area contributed by atoms with Gasteiger partial charge in [-0.2, -0.15) is 0 Å². The lowest BCUT2D eigenvalue weighted by Crippen LogP contribution is -2.35. The van der Waals surface area contributed by atoms with Crippen LogP contribution in [-0.2, 0) is 6.54 Å². The lowest BCUT2D eigenvalue weighted by atomic mass is 10.0. The Bertz CT molecular complexity index is 1050. The van der Waals surface area contributed by atoms with Crippen molar-refractivity contribution < 1.29 is 9.90 Å². The van der Waals surface area contributed by atoms with E-state index in [-0.39, 0.29) is 31.2 Å². The molecule has 2 aromatic carbocycles.